The molecule has 3 aromatic rings. The van der Waals surface area contributed by atoms with Crippen LogP contribution in [-0.4, -0.2) is 41.4 Å². The summed E-state index contributed by atoms with van der Waals surface area (Å²) in [6, 6.07) is 18.4. The van der Waals surface area contributed by atoms with E-state index in [0.29, 0.717) is 6.42 Å². The van der Waals surface area contributed by atoms with Crippen molar-refractivity contribution in [2.75, 3.05) is 31.2 Å². The van der Waals surface area contributed by atoms with Gasteiger partial charge in [-0.05, 0) is 41.5 Å². The number of aliphatic hydroxyl groups is 1. The van der Waals surface area contributed by atoms with Gasteiger partial charge in [-0.1, -0.05) is 36.0 Å². The van der Waals surface area contributed by atoms with Crippen LogP contribution in [0.4, 0.5) is 5.69 Å². The van der Waals surface area contributed by atoms with Crippen LogP contribution in [0.25, 0.3) is 0 Å². The first-order valence-corrected chi connectivity index (χ1v) is 10.2. The van der Waals surface area contributed by atoms with Crippen LogP contribution in [0.15, 0.2) is 70.7 Å². The number of ether oxygens (including phenoxy) is 1. The van der Waals surface area contributed by atoms with Crippen LogP contribution in [-0.2, 0) is 17.8 Å². The number of nitrogens with zero attached hydrogens (tertiary/aromatic N) is 3. The Labute approximate surface area is 169 Å². The van der Waals surface area contributed by atoms with Crippen molar-refractivity contribution in [3.8, 4) is 0 Å². The molecule has 28 heavy (non-hydrogen) atoms. The van der Waals surface area contributed by atoms with Gasteiger partial charge < -0.3 is 14.7 Å². The van der Waals surface area contributed by atoms with E-state index in [4.69, 9.17) is 9.72 Å². The highest BCUT2D eigenvalue weighted by atomic mass is 32.2. The van der Waals surface area contributed by atoms with Crippen molar-refractivity contribution in [1.29, 1.82) is 0 Å². The van der Waals surface area contributed by atoms with Crippen molar-refractivity contribution in [2.24, 2.45) is 0 Å². The topological polar surface area (TPSA) is 58.5 Å². The standard InChI is InChI=1S/C22H23N3O2S/c26-16-18-2-1-3-20(14-18)28-22-8-9-23-21(24-22)15-17-4-6-19(7-5-17)25-10-12-27-13-11-25/h1-9,14,26H,10-13,15-16H2. The van der Waals surface area contributed by atoms with E-state index in [0.717, 1.165) is 47.6 Å². The largest absolute Gasteiger partial charge is 0.392 e. The summed E-state index contributed by atoms with van der Waals surface area (Å²) < 4.78 is 5.42. The highest BCUT2D eigenvalue weighted by Gasteiger charge is 2.11. The third-order valence-corrected chi connectivity index (χ3v) is 5.58. The fraction of sp³-hybridized carbons (Fsp3) is 0.273. The zero-order valence-electron chi connectivity index (χ0n) is 15.6. The summed E-state index contributed by atoms with van der Waals surface area (Å²) in [7, 11) is 0. The van der Waals surface area contributed by atoms with E-state index in [1.807, 2.05) is 36.5 Å². The Kier molecular flexibility index (Phi) is 6.21. The lowest BCUT2D eigenvalue weighted by Crippen LogP contribution is -2.36. The predicted octanol–water partition coefficient (Wildman–Crippen LogP) is 3.55. The number of hydrogen-bond acceptors (Lipinski definition) is 6. The minimum absolute atomic E-state index is 0.0455. The molecule has 144 valence electrons. The van der Waals surface area contributed by atoms with E-state index in [9.17, 15) is 5.11 Å². The van der Waals surface area contributed by atoms with Gasteiger partial charge in [-0.25, -0.2) is 9.97 Å². The van der Waals surface area contributed by atoms with E-state index in [1.54, 1.807) is 11.8 Å². The van der Waals surface area contributed by atoms with Crippen molar-refractivity contribution in [1.82, 2.24) is 9.97 Å². The molecular weight excluding hydrogens is 370 g/mol. The molecule has 1 N–H and O–H groups in total. The summed E-state index contributed by atoms with van der Waals surface area (Å²) in [5.74, 6) is 0.808. The summed E-state index contributed by atoms with van der Waals surface area (Å²) in [5.41, 5.74) is 3.34. The molecule has 0 atom stereocenters. The summed E-state index contributed by atoms with van der Waals surface area (Å²) in [4.78, 5) is 12.5. The molecule has 0 bridgehead atoms. The van der Waals surface area contributed by atoms with Crippen molar-refractivity contribution in [3.63, 3.8) is 0 Å². The Hall–Kier alpha value is -2.41. The SMILES string of the molecule is OCc1cccc(Sc2ccnc(Cc3ccc(N4CCOCC4)cc3)n2)c1. The van der Waals surface area contributed by atoms with Gasteiger partial charge in [0.05, 0.1) is 19.8 Å². The van der Waals surface area contributed by atoms with Crippen molar-refractivity contribution >= 4 is 17.4 Å². The highest BCUT2D eigenvalue weighted by Crippen LogP contribution is 2.27. The average Bonchev–Trinajstić information content (AvgIpc) is 2.75. The molecule has 1 aromatic heterocycles. The first kappa shape index (κ1) is 18.9. The zero-order chi connectivity index (χ0) is 19.2. The lowest BCUT2D eigenvalue weighted by molar-refractivity contribution is 0.122. The second-order valence-electron chi connectivity index (χ2n) is 6.66. The van der Waals surface area contributed by atoms with E-state index in [1.165, 1.54) is 11.3 Å². The Bertz CT molecular complexity index is 912. The average molecular weight is 394 g/mol. The van der Waals surface area contributed by atoms with Gasteiger partial charge in [0.1, 0.15) is 10.9 Å². The summed E-state index contributed by atoms with van der Waals surface area (Å²) in [6.45, 7) is 3.52. The van der Waals surface area contributed by atoms with Crippen LogP contribution in [0.1, 0.15) is 17.0 Å². The van der Waals surface area contributed by atoms with Gasteiger partial charge in [0, 0.05) is 36.3 Å². The summed E-state index contributed by atoms with van der Waals surface area (Å²) >= 11 is 1.58. The Morgan fingerprint density at radius 2 is 1.82 bits per heavy atom. The first-order valence-electron chi connectivity index (χ1n) is 9.41. The van der Waals surface area contributed by atoms with Crippen LogP contribution < -0.4 is 4.90 Å². The number of aromatic nitrogens is 2. The quantitative estimate of drug-likeness (QED) is 0.647. The van der Waals surface area contributed by atoms with Gasteiger partial charge in [-0.15, -0.1) is 0 Å². The second kappa shape index (κ2) is 9.19. The molecule has 4 rings (SSSR count). The maximum absolute atomic E-state index is 9.29. The lowest BCUT2D eigenvalue weighted by atomic mass is 10.1. The third kappa shape index (κ3) is 4.90. The number of hydrogen-bond donors (Lipinski definition) is 1. The minimum Gasteiger partial charge on any atom is -0.392 e. The van der Waals surface area contributed by atoms with Gasteiger partial charge in [-0.2, -0.15) is 0 Å². The van der Waals surface area contributed by atoms with Crippen LogP contribution in [0, 0.1) is 0 Å². The van der Waals surface area contributed by atoms with Crippen molar-refractivity contribution in [3.05, 3.63) is 77.7 Å². The molecule has 1 fully saturated rings. The van der Waals surface area contributed by atoms with Gasteiger partial charge in [0.15, 0.2) is 0 Å². The van der Waals surface area contributed by atoms with E-state index >= 15 is 0 Å². The number of rotatable bonds is 6. The monoisotopic (exact) mass is 393 g/mol. The Morgan fingerprint density at radius 3 is 2.61 bits per heavy atom. The first-order chi connectivity index (χ1) is 13.8. The zero-order valence-corrected chi connectivity index (χ0v) is 16.4. The summed E-state index contributed by atoms with van der Waals surface area (Å²) in [6.07, 6.45) is 2.51. The molecule has 0 radical (unpaired) electrons. The maximum atomic E-state index is 9.29. The molecule has 2 aromatic carbocycles. The molecule has 5 nitrogen and oxygen atoms in total. The smallest absolute Gasteiger partial charge is 0.133 e. The van der Waals surface area contributed by atoms with Crippen LogP contribution in [0.2, 0.25) is 0 Å². The van der Waals surface area contributed by atoms with E-state index in [-0.39, 0.29) is 6.61 Å². The number of benzene rings is 2. The third-order valence-electron chi connectivity index (χ3n) is 4.66. The molecule has 1 aliphatic rings. The van der Waals surface area contributed by atoms with Crippen molar-refractivity contribution in [2.45, 2.75) is 22.9 Å². The molecule has 0 unspecified atom stereocenters. The molecule has 0 saturated carbocycles. The van der Waals surface area contributed by atoms with Gasteiger partial charge in [0.25, 0.3) is 0 Å². The molecule has 6 heteroatoms. The molecule has 2 heterocycles. The number of morpholine rings is 1. The normalized spacial score (nSPS) is 14.2. The summed E-state index contributed by atoms with van der Waals surface area (Å²) in [5, 5.41) is 10.2. The van der Waals surface area contributed by atoms with E-state index < -0.39 is 0 Å². The minimum atomic E-state index is 0.0455. The second-order valence-corrected chi connectivity index (χ2v) is 7.76. The molecule has 1 saturated heterocycles. The maximum Gasteiger partial charge on any atom is 0.133 e. The lowest BCUT2D eigenvalue weighted by Gasteiger charge is -2.28. The van der Waals surface area contributed by atoms with Crippen LogP contribution >= 0.6 is 11.8 Å². The number of aliphatic hydroxyl groups excluding tert-OH is 1. The van der Waals surface area contributed by atoms with Crippen LogP contribution in [0.5, 0.6) is 0 Å². The van der Waals surface area contributed by atoms with E-state index in [2.05, 4.69) is 34.1 Å². The molecular formula is C22H23N3O2S. The molecule has 0 spiro atoms. The molecule has 0 amide bonds. The Morgan fingerprint density at radius 1 is 1.00 bits per heavy atom. The Balaban J connectivity index is 1.42. The molecule has 0 aliphatic carbocycles. The number of anilines is 1. The fourth-order valence-corrected chi connectivity index (χ4v) is 4.06. The van der Waals surface area contributed by atoms with Gasteiger partial charge in [0.2, 0.25) is 0 Å². The van der Waals surface area contributed by atoms with Gasteiger partial charge >= 0.3 is 0 Å². The van der Waals surface area contributed by atoms with Gasteiger partial charge in [-0.3, -0.25) is 0 Å². The van der Waals surface area contributed by atoms with Crippen molar-refractivity contribution < 1.29 is 9.84 Å². The predicted molar refractivity (Wildman–Crippen MR) is 111 cm³/mol. The highest BCUT2D eigenvalue weighted by molar-refractivity contribution is 7.99. The fourth-order valence-electron chi connectivity index (χ4n) is 3.18. The van der Waals surface area contributed by atoms with Crippen LogP contribution in [0.3, 0.4) is 0 Å². The molecule has 1 aliphatic heterocycles.